The van der Waals surface area contributed by atoms with Crippen molar-refractivity contribution in [2.45, 2.75) is 58.4 Å². The van der Waals surface area contributed by atoms with Gasteiger partial charge in [-0.3, -0.25) is 0 Å². The minimum atomic E-state index is -2.42. The first-order valence-electron chi connectivity index (χ1n) is 10.9. The van der Waals surface area contributed by atoms with Crippen molar-refractivity contribution in [1.29, 1.82) is 0 Å². The van der Waals surface area contributed by atoms with Gasteiger partial charge in [0, 0.05) is 6.61 Å². The highest BCUT2D eigenvalue weighted by Crippen LogP contribution is 2.36. The van der Waals surface area contributed by atoms with E-state index < -0.39 is 8.32 Å². The van der Waals surface area contributed by atoms with Crippen LogP contribution in [0.15, 0.2) is 72.8 Å². The molecule has 0 amide bonds. The first-order chi connectivity index (χ1) is 13.9. The molecule has 0 aromatic heterocycles. The number of allylic oxidation sites excluding steroid dienone is 1. The maximum absolute atomic E-state index is 9.11. The van der Waals surface area contributed by atoms with Gasteiger partial charge in [0.25, 0.3) is 8.32 Å². The van der Waals surface area contributed by atoms with E-state index in [0.29, 0.717) is 19.1 Å². The third kappa shape index (κ3) is 6.40. The van der Waals surface area contributed by atoms with Crippen molar-refractivity contribution in [3.63, 3.8) is 0 Å². The van der Waals surface area contributed by atoms with Crippen molar-refractivity contribution in [3.8, 4) is 0 Å². The van der Waals surface area contributed by atoms with Crippen molar-refractivity contribution >= 4 is 18.7 Å². The molecule has 1 atom stereocenters. The number of rotatable bonds is 11. The van der Waals surface area contributed by atoms with Gasteiger partial charge in [0.05, 0.1) is 6.61 Å². The lowest BCUT2D eigenvalue weighted by Gasteiger charge is -2.42. The Labute approximate surface area is 178 Å². The monoisotopic (exact) mass is 410 g/mol. The van der Waals surface area contributed by atoms with Gasteiger partial charge in [-0.15, -0.1) is 0 Å². The Morgan fingerprint density at radius 3 is 1.93 bits per heavy atom. The average molecular weight is 411 g/mol. The van der Waals surface area contributed by atoms with Crippen LogP contribution in [0.1, 0.15) is 53.4 Å². The molecule has 0 unspecified atom stereocenters. The molecule has 1 N–H and O–H groups in total. The maximum Gasteiger partial charge on any atom is 0.261 e. The molecule has 0 saturated heterocycles. The summed E-state index contributed by atoms with van der Waals surface area (Å²) in [5.74, 6) is 0.414. The molecule has 0 fully saturated rings. The molecular weight excluding hydrogens is 372 g/mol. The van der Waals surface area contributed by atoms with Crippen molar-refractivity contribution in [1.82, 2.24) is 0 Å². The van der Waals surface area contributed by atoms with E-state index in [1.54, 1.807) is 0 Å². The maximum atomic E-state index is 9.11. The summed E-state index contributed by atoms with van der Waals surface area (Å²) in [5.41, 5.74) is 0. The van der Waals surface area contributed by atoms with Gasteiger partial charge in [-0.2, -0.15) is 0 Å². The van der Waals surface area contributed by atoms with Crippen LogP contribution < -0.4 is 10.4 Å². The summed E-state index contributed by atoms with van der Waals surface area (Å²) in [6.07, 6.45) is 8.95. The lowest BCUT2D eigenvalue weighted by Crippen LogP contribution is -2.66. The van der Waals surface area contributed by atoms with Crippen LogP contribution in [0.4, 0.5) is 0 Å². The summed E-state index contributed by atoms with van der Waals surface area (Å²) >= 11 is 0. The van der Waals surface area contributed by atoms with Gasteiger partial charge < -0.3 is 9.53 Å². The molecule has 29 heavy (non-hydrogen) atoms. The fourth-order valence-electron chi connectivity index (χ4n) is 3.97. The van der Waals surface area contributed by atoms with Crippen molar-refractivity contribution in [2.75, 3.05) is 13.2 Å². The largest absolute Gasteiger partial charge is 0.404 e. The van der Waals surface area contributed by atoms with Crippen LogP contribution in [0.2, 0.25) is 5.04 Å². The predicted molar refractivity (Wildman–Crippen MR) is 127 cm³/mol. The molecule has 0 bridgehead atoms. The molecule has 0 aliphatic rings. The molecule has 3 heteroatoms. The van der Waals surface area contributed by atoms with Crippen LogP contribution in [0, 0.1) is 5.92 Å². The average Bonchev–Trinajstić information content (AvgIpc) is 2.73. The Hall–Kier alpha value is -1.68. The fourth-order valence-corrected chi connectivity index (χ4v) is 8.47. The number of hydrogen-bond acceptors (Lipinski definition) is 2. The van der Waals surface area contributed by atoms with Gasteiger partial charge in [0.15, 0.2) is 0 Å². The fraction of sp³-hybridized carbons (Fsp3) is 0.462. The molecule has 0 heterocycles. The minimum absolute atomic E-state index is 0.0178. The van der Waals surface area contributed by atoms with Crippen molar-refractivity contribution in [3.05, 3.63) is 72.8 Å². The standard InChI is InChI=1S/C26H38O2Si/c1-23(22-27)16-10-6-5-7-15-21-28-29(26(2,3)4,24-17-11-8-12-18-24)25-19-13-9-14-20-25/h7-9,11-15,17-20,23,27H,5-6,10,16,21-22H2,1-4H3/b15-7-/t23-/m1/s1. The van der Waals surface area contributed by atoms with Crippen LogP contribution in [0.25, 0.3) is 0 Å². The van der Waals surface area contributed by atoms with Gasteiger partial charge in [0.2, 0.25) is 0 Å². The van der Waals surface area contributed by atoms with Crippen LogP contribution in [-0.4, -0.2) is 26.6 Å². The van der Waals surface area contributed by atoms with E-state index in [4.69, 9.17) is 9.53 Å². The second kappa shape index (κ2) is 11.5. The van der Waals surface area contributed by atoms with Gasteiger partial charge in [-0.25, -0.2) is 0 Å². The zero-order valence-electron chi connectivity index (χ0n) is 18.6. The molecule has 2 aromatic rings. The summed E-state index contributed by atoms with van der Waals surface area (Å²) in [7, 11) is -2.42. The summed E-state index contributed by atoms with van der Waals surface area (Å²) in [6, 6.07) is 21.6. The highest BCUT2D eigenvalue weighted by molar-refractivity contribution is 6.99. The number of aliphatic hydroxyl groups excluding tert-OH is 1. The minimum Gasteiger partial charge on any atom is -0.404 e. The quantitative estimate of drug-likeness (QED) is 0.309. The Kier molecular flexibility index (Phi) is 9.35. The van der Waals surface area contributed by atoms with Gasteiger partial charge in [-0.05, 0) is 40.6 Å². The molecule has 158 valence electrons. The number of unbranched alkanes of at least 4 members (excludes halogenated alkanes) is 2. The third-order valence-electron chi connectivity index (χ3n) is 5.61. The van der Waals surface area contributed by atoms with E-state index in [2.05, 4.69) is 101 Å². The first kappa shape index (κ1) is 23.6. The van der Waals surface area contributed by atoms with Crippen LogP contribution in [0.3, 0.4) is 0 Å². The Morgan fingerprint density at radius 1 is 0.897 bits per heavy atom. The van der Waals surface area contributed by atoms with E-state index in [9.17, 15) is 0 Å². The van der Waals surface area contributed by atoms with Gasteiger partial charge in [-0.1, -0.05) is 107 Å². The molecular formula is C26H38O2Si. The summed E-state index contributed by atoms with van der Waals surface area (Å²) in [4.78, 5) is 0. The highest BCUT2D eigenvalue weighted by Gasteiger charge is 2.49. The predicted octanol–water partition coefficient (Wildman–Crippen LogP) is 5.31. The summed E-state index contributed by atoms with van der Waals surface area (Å²) in [5, 5.41) is 11.8. The molecule has 2 aromatic carbocycles. The van der Waals surface area contributed by atoms with Crippen LogP contribution in [0.5, 0.6) is 0 Å². The van der Waals surface area contributed by atoms with E-state index in [1.165, 1.54) is 23.2 Å². The summed E-state index contributed by atoms with van der Waals surface area (Å²) < 4.78 is 6.85. The molecule has 0 aliphatic carbocycles. The van der Waals surface area contributed by atoms with Crippen LogP contribution >= 0.6 is 0 Å². The smallest absolute Gasteiger partial charge is 0.261 e. The topological polar surface area (TPSA) is 29.5 Å². The molecule has 0 saturated carbocycles. The first-order valence-corrected chi connectivity index (χ1v) is 12.8. The number of benzene rings is 2. The van der Waals surface area contributed by atoms with Crippen molar-refractivity contribution < 1.29 is 9.53 Å². The Bertz CT molecular complexity index is 680. The molecule has 0 aliphatic heterocycles. The molecule has 0 radical (unpaired) electrons. The van der Waals surface area contributed by atoms with Gasteiger partial charge in [0.1, 0.15) is 0 Å². The van der Waals surface area contributed by atoms with E-state index >= 15 is 0 Å². The number of hydrogen-bond donors (Lipinski definition) is 1. The SMILES string of the molecule is C[C@@H](CO)CCCC/C=C\CO[Si](c1ccccc1)(c1ccccc1)C(C)(C)C. The Morgan fingerprint density at radius 2 is 1.45 bits per heavy atom. The second-order valence-corrected chi connectivity index (χ2v) is 13.3. The van der Waals surface area contributed by atoms with Crippen molar-refractivity contribution in [2.24, 2.45) is 5.92 Å². The highest BCUT2D eigenvalue weighted by atomic mass is 28.4. The molecule has 0 spiro atoms. The third-order valence-corrected chi connectivity index (χ3v) is 10.6. The zero-order valence-corrected chi connectivity index (χ0v) is 19.6. The molecule has 2 nitrogen and oxygen atoms in total. The van der Waals surface area contributed by atoms with E-state index in [1.807, 2.05) is 0 Å². The van der Waals surface area contributed by atoms with E-state index in [0.717, 1.165) is 12.8 Å². The summed E-state index contributed by atoms with van der Waals surface area (Å²) in [6.45, 7) is 9.97. The number of aliphatic hydroxyl groups is 1. The second-order valence-electron chi connectivity index (χ2n) is 9.02. The van der Waals surface area contributed by atoms with Gasteiger partial charge >= 0.3 is 0 Å². The normalized spacial score (nSPS) is 13.7. The lowest BCUT2D eigenvalue weighted by molar-refractivity contribution is 0.227. The van der Waals surface area contributed by atoms with E-state index in [-0.39, 0.29) is 5.04 Å². The lowest BCUT2D eigenvalue weighted by atomic mass is 10.0. The zero-order chi connectivity index (χ0) is 21.2. The Balaban J connectivity index is 2.12. The van der Waals surface area contributed by atoms with Crippen LogP contribution in [-0.2, 0) is 4.43 Å². The molecule has 2 rings (SSSR count).